The molecule has 106 valence electrons. The summed E-state index contributed by atoms with van der Waals surface area (Å²) in [5, 5.41) is 2.81. The van der Waals surface area contributed by atoms with Crippen LogP contribution < -0.4 is 32.8 Å². The third-order valence-corrected chi connectivity index (χ3v) is 2.62. The first-order valence-electron chi connectivity index (χ1n) is 5.86. The van der Waals surface area contributed by atoms with Crippen LogP contribution in [0.5, 0.6) is 5.75 Å². The van der Waals surface area contributed by atoms with Crippen LogP contribution in [0.15, 0.2) is 48.8 Å². The molecule has 0 aliphatic heterocycles. The van der Waals surface area contributed by atoms with Gasteiger partial charge in [-0.3, -0.25) is 4.79 Å². The van der Waals surface area contributed by atoms with Gasteiger partial charge in [-0.25, -0.2) is 0 Å². The number of nitrogens with zero attached hydrogens (tertiary/aromatic N) is 1. The summed E-state index contributed by atoms with van der Waals surface area (Å²) in [7, 11) is 1.60. The number of carbonyl (C=O) groups is 1. The molecule has 3 N–H and O–H groups in total. The van der Waals surface area contributed by atoms with E-state index < -0.39 is 0 Å². The van der Waals surface area contributed by atoms with Gasteiger partial charge < -0.3 is 28.2 Å². The number of nitrogen functional groups attached to an aromatic ring is 1. The fraction of sp³-hybridized carbons (Fsp3) is 0.143. The zero-order valence-corrected chi connectivity index (χ0v) is 11.8. The van der Waals surface area contributed by atoms with E-state index in [0.29, 0.717) is 5.69 Å². The van der Waals surface area contributed by atoms with Gasteiger partial charge in [-0.15, -0.1) is 0 Å². The predicted octanol–water partition coefficient (Wildman–Crippen LogP) is -1.79. The van der Waals surface area contributed by atoms with Crippen LogP contribution in [-0.4, -0.2) is 13.0 Å². The molecule has 0 fully saturated rings. The number of anilines is 2. The molecule has 1 heterocycles. The topological polar surface area (TPSA) is 68.2 Å². The van der Waals surface area contributed by atoms with E-state index >= 15 is 0 Å². The largest absolute Gasteiger partial charge is 1.00 e. The summed E-state index contributed by atoms with van der Waals surface area (Å²) < 4.78 is 6.81. The second-order valence-corrected chi connectivity index (χ2v) is 4.08. The standard InChI is InChI=1S/C14H15N3O2.ClH/c1-19-13-4-2-12(3-5-13)16-14(18)10-17-8-6-11(15)7-9-17;/h2-9,15H,10H2,1H3,(H,16,18);1H. The van der Waals surface area contributed by atoms with Crippen LogP contribution in [0.25, 0.3) is 0 Å². The Bertz CT molecular complexity index is 556. The van der Waals surface area contributed by atoms with Crippen molar-refractivity contribution in [1.29, 1.82) is 0 Å². The quantitative estimate of drug-likeness (QED) is 0.654. The lowest BCUT2D eigenvalue weighted by molar-refractivity contribution is -0.684. The number of aromatic nitrogens is 1. The van der Waals surface area contributed by atoms with Gasteiger partial charge in [-0.1, -0.05) is 0 Å². The fourth-order valence-electron chi connectivity index (χ4n) is 1.61. The highest BCUT2D eigenvalue weighted by Crippen LogP contribution is 2.14. The third-order valence-electron chi connectivity index (χ3n) is 2.62. The van der Waals surface area contributed by atoms with E-state index in [9.17, 15) is 4.79 Å². The first kappa shape index (κ1) is 15.8. The summed E-state index contributed by atoms with van der Waals surface area (Å²) in [6, 6.07) is 10.7. The number of nitrogens with two attached hydrogens (primary N) is 1. The van der Waals surface area contributed by atoms with Crippen LogP contribution in [0.2, 0.25) is 0 Å². The maximum Gasteiger partial charge on any atom is 0.290 e. The first-order chi connectivity index (χ1) is 9.17. The number of ether oxygens (including phenoxy) is 1. The number of nitrogens with one attached hydrogen (secondary N) is 1. The van der Waals surface area contributed by atoms with Crippen molar-refractivity contribution >= 4 is 17.3 Å². The van der Waals surface area contributed by atoms with Gasteiger partial charge in [0, 0.05) is 23.5 Å². The Morgan fingerprint density at radius 2 is 1.80 bits per heavy atom. The molecule has 0 bridgehead atoms. The zero-order valence-electron chi connectivity index (χ0n) is 11.0. The lowest BCUT2D eigenvalue weighted by atomic mass is 10.3. The normalized spacial score (nSPS) is 9.45. The Balaban J connectivity index is 0.00000200. The van der Waals surface area contributed by atoms with E-state index in [0.717, 1.165) is 11.4 Å². The molecular weight excluding hydrogens is 278 g/mol. The lowest BCUT2D eigenvalue weighted by Crippen LogP contribution is -3.00. The van der Waals surface area contributed by atoms with Crippen LogP contribution >= 0.6 is 0 Å². The second-order valence-electron chi connectivity index (χ2n) is 4.08. The number of benzene rings is 1. The fourth-order valence-corrected chi connectivity index (χ4v) is 1.61. The summed E-state index contributed by atoms with van der Waals surface area (Å²) in [4.78, 5) is 11.8. The van der Waals surface area contributed by atoms with Crippen molar-refractivity contribution < 1.29 is 26.5 Å². The summed E-state index contributed by atoms with van der Waals surface area (Å²) in [5.41, 5.74) is 6.99. The summed E-state index contributed by atoms with van der Waals surface area (Å²) in [6.45, 7) is 0.242. The van der Waals surface area contributed by atoms with Gasteiger partial charge >= 0.3 is 0 Å². The first-order valence-corrected chi connectivity index (χ1v) is 5.86. The molecule has 1 aromatic heterocycles. The Kier molecular flexibility index (Phi) is 5.80. The van der Waals surface area contributed by atoms with Crippen molar-refractivity contribution in [2.24, 2.45) is 0 Å². The molecule has 0 saturated heterocycles. The number of hydrogen-bond donors (Lipinski definition) is 2. The number of pyridine rings is 1. The van der Waals surface area contributed by atoms with E-state index in [-0.39, 0.29) is 24.9 Å². The van der Waals surface area contributed by atoms with Crippen molar-refractivity contribution in [1.82, 2.24) is 0 Å². The molecule has 0 atom stereocenters. The van der Waals surface area contributed by atoms with Crippen LogP contribution in [0.3, 0.4) is 0 Å². The van der Waals surface area contributed by atoms with Crippen LogP contribution in [0.4, 0.5) is 11.4 Å². The lowest BCUT2D eigenvalue weighted by Gasteiger charge is -2.04. The maximum atomic E-state index is 11.8. The number of hydrogen-bond acceptors (Lipinski definition) is 3. The molecule has 5 nitrogen and oxygen atoms in total. The minimum absolute atomic E-state index is 0. The van der Waals surface area contributed by atoms with Gasteiger partial charge in [0.2, 0.25) is 6.54 Å². The van der Waals surface area contributed by atoms with Gasteiger partial charge in [0.1, 0.15) is 5.75 Å². The monoisotopic (exact) mass is 293 g/mol. The molecule has 0 aliphatic rings. The molecule has 1 amide bonds. The van der Waals surface area contributed by atoms with Gasteiger partial charge in [-0.05, 0) is 24.3 Å². The van der Waals surface area contributed by atoms with Gasteiger partial charge in [0.25, 0.3) is 5.91 Å². The molecule has 20 heavy (non-hydrogen) atoms. The highest BCUT2D eigenvalue weighted by Gasteiger charge is 2.09. The molecular formula is C14H16ClN3O2. The van der Waals surface area contributed by atoms with Crippen molar-refractivity contribution in [3.05, 3.63) is 48.8 Å². The predicted molar refractivity (Wildman–Crippen MR) is 72.7 cm³/mol. The van der Waals surface area contributed by atoms with Crippen LogP contribution in [0.1, 0.15) is 0 Å². The van der Waals surface area contributed by atoms with E-state index in [1.165, 1.54) is 0 Å². The van der Waals surface area contributed by atoms with Crippen molar-refractivity contribution in [3.63, 3.8) is 0 Å². The third kappa shape index (κ3) is 4.44. The average molecular weight is 294 g/mol. The molecule has 1 aromatic carbocycles. The Labute approximate surface area is 123 Å². The Morgan fingerprint density at radius 1 is 1.20 bits per heavy atom. The maximum absolute atomic E-state index is 11.8. The van der Waals surface area contributed by atoms with Crippen LogP contribution in [-0.2, 0) is 11.3 Å². The zero-order chi connectivity index (χ0) is 13.7. The number of amides is 1. The molecule has 0 saturated carbocycles. The summed E-state index contributed by atoms with van der Waals surface area (Å²) in [5.74, 6) is 0.658. The summed E-state index contributed by atoms with van der Waals surface area (Å²) >= 11 is 0. The van der Waals surface area contributed by atoms with E-state index in [1.807, 2.05) is 0 Å². The molecule has 2 aromatic rings. The minimum Gasteiger partial charge on any atom is -1.00 e. The van der Waals surface area contributed by atoms with E-state index in [2.05, 4.69) is 5.32 Å². The highest BCUT2D eigenvalue weighted by atomic mass is 35.5. The van der Waals surface area contributed by atoms with Crippen molar-refractivity contribution in [3.8, 4) is 5.75 Å². The Morgan fingerprint density at radius 3 is 2.35 bits per heavy atom. The molecule has 6 heteroatoms. The number of methoxy groups -OCH3 is 1. The molecule has 0 aliphatic carbocycles. The average Bonchev–Trinajstić information content (AvgIpc) is 2.42. The van der Waals surface area contributed by atoms with Gasteiger partial charge in [-0.2, -0.15) is 4.57 Å². The second kappa shape index (κ2) is 7.35. The van der Waals surface area contributed by atoms with E-state index in [4.69, 9.17) is 10.5 Å². The van der Waals surface area contributed by atoms with Crippen molar-refractivity contribution in [2.45, 2.75) is 6.54 Å². The van der Waals surface area contributed by atoms with Crippen LogP contribution in [0, 0.1) is 0 Å². The SMILES string of the molecule is COc1ccc(NC(=O)C[n+]2ccc(N)cc2)cc1.[Cl-]. The molecule has 0 spiro atoms. The molecule has 0 unspecified atom stereocenters. The van der Waals surface area contributed by atoms with E-state index in [1.54, 1.807) is 60.5 Å². The summed E-state index contributed by atoms with van der Waals surface area (Å²) in [6.07, 6.45) is 3.53. The Hall–Kier alpha value is -2.27. The van der Waals surface area contributed by atoms with Gasteiger partial charge in [0.15, 0.2) is 12.4 Å². The van der Waals surface area contributed by atoms with Crippen molar-refractivity contribution in [2.75, 3.05) is 18.2 Å². The van der Waals surface area contributed by atoms with Gasteiger partial charge in [0.05, 0.1) is 7.11 Å². The smallest absolute Gasteiger partial charge is 0.290 e. The molecule has 0 radical (unpaired) electrons. The number of halogens is 1. The number of carbonyl (C=O) groups excluding carboxylic acids is 1. The molecule has 2 rings (SSSR count). The number of rotatable bonds is 4. The highest BCUT2D eigenvalue weighted by molar-refractivity contribution is 5.89. The minimum atomic E-state index is -0.0973.